The molecule has 1 fully saturated rings. The van der Waals surface area contributed by atoms with E-state index in [0.717, 1.165) is 11.8 Å². The number of halogens is 2. The Morgan fingerprint density at radius 2 is 1.89 bits per heavy atom. The van der Waals surface area contributed by atoms with E-state index in [1.807, 2.05) is 19.1 Å². The second-order valence-corrected chi connectivity index (χ2v) is 10.3. The van der Waals surface area contributed by atoms with Crippen LogP contribution in [0, 0.1) is 12.7 Å². The first kappa shape index (κ1) is 26.6. The molecule has 1 aromatic heterocycles. The van der Waals surface area contributed by atoms with Crippen LogP contribution in [0.15, 0.2) is 71.8 Å². The minimum absolute atomic E-state index is 0. The number of nitrogens with zero attached hydrogens (tertiary/aromatic N) is 2. The van der Waals surface area contributed by atoms with Gasteiger partial charge in [-0.2, -0.15) is 4.31 Å². The number of aryl methyl sites for hydroxylation is 1. The van der Waals surface area contributed by atoms with Crippen LogP contribution in [0.1, 0.15) is 16.8 Å². The van der Waals surface area contributed by atoms with Gasteiger partial charge in [0.05, 0.1) is 29.9 Å². The van der Waals surface area contributed by atoms with E-state index < -0.39 is 33.5 Å². The van der Waals surface area contributed by atoms with Crippen molar-refractivity contribution >= 4 is 28.4 Å². The van der Waals surface area contributed by atoms with Gasteiger partial charge in [-0.15, -0.1) is 12.4 Å². The van der Waals surface area contributed by atoms with Crippen molar-refractivity contribution in [2.45, 2.75) is 29.9 Å². The van der Waals surface area contributed by atoms with Crippen LogP contribution in [-0.2, 0) is 26.8 Å². The van der Waals surface area contributed by atoms with Crippen molar-refractivity contribution in [2.24, 2.45) is 5.73 Å². The molecule has 1 atom stereocenters. The summed E-state index contributed by atoms with van der Waals surface area (Å²) in [5, 5.41) is 9.03. The summed E-state index contributed by atoms with van der Waals surface area (Å²) in [5.41, 5.74) is 6.47. The lowest BCUT2D eigenvalue weighted by Gasteiger charge is -2.48. The quantitative estimate of drug-likeness (QED) is 0.467. The Hall–Kier alpha value is -3.05. The van der Waals surface area contributed by atoms with Gasteiger partial charge in [-0.1, -0.05) is 29.8 Å². The summed E-state index contributed by atoms with van der Waals surface area (Å²) in [5.74, 6) is -1.13. The highest BCUT2D eigenvalue weighted by Crippen LogP contribution is 2.39. The van der Waals surface area contributed by atoms with Crippen LogP contribution < -0.4 is 10.5 Å². The van der Waals surface area contributed by atoms with Gasteiger partial charge >= 0.3 is 5.97 Å². The number of pyridine rings is 1. The van der Waals surface area contributed by atoms with Crippen LogP contribution in [-0.4, -0.2) is 47.9 Å². The number of carboxylic acid groups (broad SMARTS) is 1. The molecule has 1 aliphatic rings. The molecule has 1 saturated heterocycles. The fourth-order valence-corrected chi connectivity index (χ4v) is 5.38. The maximum Gasteiger partial charge on any atom is 0.320 e. The lowest BCUT2D eigenvalue weighted by Crippen LogP contribution is -2.64. The maximum absolute atomic E-state index is 13.5. The number of aliphatic carboxylic acids is 1. The molecular formula is C24H25ClFN3O5S. The highest BCUT2D eigenvalue weighted by molar-refractivity contribution is 7.89. The standard InChI is InChI=1S/C24H24FN3O5S.ClH/c1-16-5-8-19(9-6-16)33-24(22-10-7-18(25)13-27-22)14-28(15-24)34(31,32)20-4-2-3-17(11-20)12-21(26)23(29)30;/h2-11,13,21H,12,14-15,26H2,1H3,(H,29,30);1H/t21-;/m0./s1. The molecule has 4 rings (SSSR count). The maximum atomic E-state index is 13.5. The largest absolute Gasteiger partial charge is 0.480 e. The number of benzene rings is 2. The third-order valence-corrected chi connectivity index (χ3v) is 7.49. The first-order valence-electron chi connectivity index (χ1n) is 10.5. The molecule has 2 aromatic carbocycles. The summed E-state index contributed by atoms with van der Waals surface area (Å²) in [4.78, 5) is 15.2. The van der Waals surface area contributed by atoms with Gasteiger partial charge < -0.3 is 15.6 Å². The van der Waals surface area contributed by atoms with Gasteiger partial charge in [0.2, 0.25) is 10.0 Å². The van der Waals surface area contributed by atoms with Crippen molar-refractivity contribution < 1.29 is 27.4 Å². The van der Waals surface area contributed by atoms with Gasteiger partial charge in [-0.05, 0) is 55.3 Å². The monoisotopic (exact) mass is 521 g/mol. The van der Waals surface area contributed by atoms with Crippen molar-refractivity contribution in [2.75, 3.05) is 13.1 Å². The average molecular weight is 522 g/mol. The molecule has 186 valence electrons. The van der Waals surface area contributed by atoms with E-state index in [1.165, 1.54) is 28.6 Å². The fraction of sp³-hybridized carbons (Fsp3) is 0.250. The first-order chi connectivity index (χ1) is 16.1. The number of aromatic nitrogens is 1. The molecule has 0 aliphatic carbocycles. The van der Waals surface area contributed by atoms with E-state index in [9.17, 15) is 17.6 Å². The lowest BCUT2D eigenvalue weighted by atomic mass is 9.91. The SMILES string of the molecule is Cc1ccc(OC2(c3ccc(F)cn3)CN(S(=O)(=O)c3cccc(C[C@H](N)C(=O)O)c3)C2)cc1.Cl. The molecule has 0 radical (unpaired) electrons. The van der Waals surface area contributed by atoms with E-state index in [2.05, 4.69) is 4.98 Å². The molecule has 0 spiro atoms. The van der Waals surface area contributed by atoms with Crippen LogP contribution >= 0.6 is 12.4 Å². The van der Waals surface area contributed by atoms with Crippen molar-refractivity contribution in [3.8, 4) is 5.75 Å². The van der Waals surface area contributed by atoms with E-state index in [4.69, 9.17) is 15.6 Å². The zero-order valence-electron chi connectivity index (χ0n) is 18.8. The average Bonchev–Trinajstić information content (AvgIpc) is 2.78. The first-order valence-corrected chi connectivity index (χ1v) is 12.0. The number of carbonyl (C=O) groups is 1. The Bertz CT molecular complexity index is 1300. The molecule has 0 bridgehead atoms. The van der Waals surface area contributed by atoms with E-state index in [-0.39, 0.29) is 36.8 Å². The van der Waals surface area contributed by atoms with Crippen LogP contribution in [0.2, 0.25) is 0 Å². The summed E-state index contributed by atoms with van der Waals surface area (Å²) in [6, 6.07) is 15.0. The summed E-state index contributed by atoms with van der Waals surface area (Å²) in [6.07, 6.45) is 1.07. The van der Waals surface area contributed by atoms with E-state index in [1.54, 1.807) is 24.3 Å². The molecule has 1 aliphatic heterocycles. The Balaban J connectivity index is 0.00000342. The topological polar surface area (TPSA) is 123 Å². The number of carboxylic acids is 1. The molecule has 3 N–H and O–H groups in total. The van der Waals surface area contributed by atoms with Gasteiger partial charge in [0, 0.05) is 0 Å². The second kappa shape index (κ2) is 10.3. The van der Waals surface area contributed by atoms with Gasteiger partial charge in [0.25, 0.3) is 0 Å². The minimum Gasteiger partial charge on any atom is -0.480 e. The second-order valence-electron chi connectivity index (χ2n) is 8.34. The number of hydrogen-bond donors (Lipinski definition) is 2. The fourth-order valence-electron chi connectivity index (χ4n) is 3.77. The third kappa shape index (κ3) is 5.62. The third-order valence-electron chi connectivity index (χ3n) is 5.70. The zero-order valence-corrected chi connectivity index (χ0v) is 20.4. The molecule has 2 heterocycles. The molecule has 3 aromatic rings. The van der Waals surface area contributed by atoms with E-state index >= 15 is 0 Å². The lowest BCUT2D eigenvalue weighted by molar-refractivity contribution is -0.138. The van der Waals surface area contributed by atoms with Gasteiger partial charge in [-0.25, -0.2) is 12.8 Å². The number of hydrogen-bond acceptors (Lipinski definition) is 6. The highest BCUT2D eigenvalue weighted by atomic mass is 35.5. The summed E-state index contributed by atoms with van der Waals surface area (Å²) < 4.78 is 47.5. The van der Waals surface area contributed by atoms with Crippen molar-refractivity contribution in [3.05, 3.63) is 89.5 Å². The molecule has 0 saturated carbocycles. The Morgan fingerprint density at radius 1 is 1.20 bits per heavy atom. The minimum atomic E-state index is -3.90. The zero-order chi connectivity index (χ0) is 24.5. The number of rotatable bonds is 8. The van der Waals surface area contributed by atoms with Crippen LogP contribution in [0.5, 0.6) is 5.75 Å². The van der Waals surface area contributed by atoms with Gasteiger partial charge in [0.15, 0.2) is 5.60 Å². The Kier molecular flexibility index (Phi) is 7.80. The molecule has 35 heavy (non-hydrogen) atoms. The number of ether oxygens (including phenoxy) is 1. The van der Waals surface area contributed by atoms with Gasteiger partial charge in [0.1, 0.15) is 17.6 Å². The summed E-state index contributed by atoms with van der Waals surface area (Å²) in [6.45, 7) is 1.89. The molecule has 0 unspecified atom stereocenters. The number of nitrogens with two attached hydrogens (primary N) is 1. The van der Waals surface area contributed by atoms with Crippen LogP contribution in [0.3, 0.4) is 0 Å². The summed E-state index contributed by atoms with van der Waals surface area (Å²) >= 11 is 0. The van der Waals surface area contributed by atoms with Crippen LogP contribution in [0.25, 0.3) is 0 Å². The predicted octanol–water partition coefficient (Wildman–Crippen LogP) is 2.88. The Morgan fingerprint density at radius 3 is 2.49 bits per heavy atom. The van der Waals surface area contributed by atoms with Crippen molar-refractivity contribution in [1.82, 2.24) is 9.29 Å². The number of sulfonamides is 1. The summed E-state index contributed by atoms with van der Waals surface area (Å²) in [7, 11) is -3.90. The van der Waals surface area contributed by atoms with Crippen molar-refractivity contribution in [1.29, 1.82) is 0 Å². The molecule has 0 amide bonds. The Labute approximate surface area is 209 Å². The smallest absolute Gasteiger partial charge is 0.320 e. The molecule has 8 nitrogen and oxygen atoms in total. The highest BCUT2D eigenvalue weighted by Gasteiger charge is 2.53. The normalized spacial score (nSPS) is 16.0. The van der Waals surface area contributed by atoms with Crippen molar-refractivity contribution in [3.63, 3.8) is 0 Å². The molecular weight excluding hydrogens is 497 g/mol. The molecule has 11 heteroatoms. The van der Waals surface area contributed by atoms with Crippen LogP contribution in [0.4, 0.5) is 4.39 Å². The predicted molar refractivity (Wildman–Crippen MR) is 129 cm³/mol. The van der Waals surface area contributed by atoms with Gasteiger partial charge in [-0.3, -0.25) is 9.78 Å². The van der Waals surface area contributed by atoms with E-state index in [0.29, 0.717) is 17.0 Å².